The summed E-state index contributed by atoms with van der Waals surface area (Å²) in [5.41, 5.74) is 1.22. The van der Waals surface area contributed by atoms with Crippen LogP contribution in [0.15, 0.2) is 34.8 Å². The van der Waals surface area contributed by atoms with E-state index in [9.17, 15) is 9.59 Å². The third kappa shape index (κ3) is 4.73. The van der Waals surface area contributed by atoms with Crippen LogP contribution in [0.1, 0.15) is 5.56 Å². The summed E-state index contributed by atoms with van der Waals surface area (Å²) in [5.74, 6) is 1.42. The molecule has 0 aromatic heterocycles. The second-order valence-corrected chi connectivity index (χ2v) is 7.19. The Morgan fingerprint density at radius 2 is 1.52 bits per heavy atom. The van der Waals surface area contributed by atoms with Crippen LogP contribution in [-0.4, -0.2) is 44.9 Å². The SMILES string of the molecule is O=C(COC(=O)Cc1ccc2c(c1)OCCO2)Nc1cc2c(cc1Br)OCCO2. The van der Waals surface area contributed by atoms with E-state index in [2.05, 4.69) is 21.2 Å². The average molecular weight is 464 g/mol. The fourth-order valence-corrected chi connectivity index (χ4v) is 3.33. The molecule has 1 amide bonds. The molecule has 0 unspecified atom stereocenters. The molecule has 29 heavy (non-hydrogen) atoms. The Balaban J connectivity index is 1.30. The third-order valence-electron chi connectivity index (χ3n) is 4.23. The quantitative estimate of drug-likeness (QED) is 0.681. The highest BCUT2D eigenvalue weighted by molar-refractivity contribution is 9.10. The van der Waals surface area contributed by atoms with Gasteiger partial charge >= 0.3 is 5.97 Å². The number of ether oxygens (including phenoxy) is 5. The number of anilines is 1. The summed E-state index contributed by atoms with van der Waals surface area (Å²) in [6, 6.07) is 8.64. The van der Waals surface area contributed by atoms with Crippen LogP contribution in [-0.2, 0) is 20.7 Å². The minimum atomic E-state index is -0.516. The van der Waals surface area contributed by atoms with Crippen LogP contribution in [0.2, 0.25) is 0 Å². The zero-order valence-electron chi connectivity index (χ0n) is 15.4. The van der Waals surface area contributed by atoms with Gasteiger partial charge in [-0.15, -0.1) is 0 Å². The van der Waals surface area contributed by atoms with E-state index < -0.39 is 18.5 Å². The highest BCUT2D eigenvalue weighted by atomic mass is 79.9. The molecule has 0 radical (unpaired) electrons. The number of benzene rings is 2. The second-order valence-electron chi connectivity index (χ2n) is 6.34. The molecular weight excluding hydrogens is 446 g/mol. The van der Waals surface area contributed by atoms with Crippen LogP contribution >= 0.6 is 15.9 Å². The first-order chi connectivity index (χ1) is 14.1. The number of carbonyl (C=O) groups is 2. The molecule has 2 aliphatic rings. The van der Waals surface area contributed by atoms with Gasteiger partial charge in [-0.3, -0.25) is 9.59 Å². The van der Waals surface area contributed by atoms with Crippen LogP contribution in [0, 0.1) is 0 Å². The number of amides is 1. The zero-order valence-corrected chi connectivity index (χ0v) is 17.0. The lowest BCUT2D eigenvalue weighted by Gasteiger charge is -2.20. The fraction of sp³-hybridized carbons (Fsp3) is 0.300. The molecule has 1 N–H and O–H groups in total. The predicted octanol–water partition coefficient (Wildman–Crippen LogP) is 2.72. The molecule has 4 rings (SSSR count). The van der Waals surface area contributed by atoms with Crippen molar-refractivity contribution in [2.75, 3.05) is 38.4 Å². The Morgan fingerprint density at radius 1 is 0.897 bits per heavy atom. The second kappa shape index (κ2) is 8.60. The van der Waals surface area contributed by atoms with Crippen molar-refractivity contribution in [1.82, 2.24) is 0 Å². The lowest BCUT2D eigenvalue weighted by Crippen LogP contribution is -2.22. The number of fused-ring (bicyclic) bond motifs is 2. The summed E-state index contributed by atoms with van der Waals surface area (Å²) in [6.07, 6.45) is 0.0254. The lowest BCUT2D eigenvalue weighted by molar-refractivity contribution is -0.146. The molecule has 9 heteroatoms. The summed E-state index contributed by atoms with van der Waals surface area (Å²) in [5, 5.41) is 2.69. The van der Waals surface area contributed by atoms with Gasteiger partial charge in [0.2, 0.25) is 0 Å². The van der Waals surface area contributed by atoms with E-state index in [0.29, 0.717) is 65.1 Å². The van der Waals surface area contributed by atoms with Crippen molar-refractivity contribution in [2.24, 2.45) is 0 Å². The van der Waals surface area contributed by atoms with Gasteiger partial charge in [0.15, 0.2) is 29.6 Å². The van der Waals surface area contributed by atoms with Gasteiger partial charge in [0, 0.05) is 16.6 Å². The van der Waals surface area contributed by atoms with E-state index in [-0.39, 0.29) is 6.42 Å². The molecule has 2 aromatic rings. The summed E-state index contributed by atoms with van der Waals surface area (Å²) in [4.78, 5) is 24.2. The first-order valence-corrected chi connectivity index (χ1v) is 9.81. The van der Waals surface area contributed by atoms with Gasteiger partial charge < -0.3 is 29.0 Å². The monoisotopic (exact) mass is 463 g/mol. The summed E-state index contributed by atoms with van der Waals surface area (Å²) in [7, 11) is 0. The van der Waals surface area contributed by atoms with Crippen LogP contribution in [0.25, 0.3) is 0 Å². The highest BCUT2D eigenvalue weighted by Crippen LogP contribution is 2.38. The van der Waals surface area contributed by atoms with Gasteiger partial charge in [-0.2, -0.15) is 0 Å². The van der Waals surface area contributed by atoms with Crippen molar-refractivity contribution in [3.05, 3.63) is 40.4 Å². The van der Waals surface area contributed by atoms with Crippen LogP contribution < -0.4 is 24.3 Å². The Hall–Kier alpha value is -2.94. The normalized spacial score (nSPS) is 14.1. The van der Waals surface area contributed by atoms with Crippen molar-refractivity contribution < 1.29 is 33.3 Å². The molecule has 0 aliphatic carbocycles. The van der Waals surface area contributed by atoms with Gasteiger partial charge in [0.25, 0.3) is 5.91 Å². The molecule has 2 heterocycles. The Morgan fingerprint density at radius 3 is 2.24 bits per heavy atom. The van der Waals surface area contributed by atoms with E-state index in [4.69, 9.17) is 23.7 Å². The van der Waals surface area contributed by atoms with Crippen molar-refractivity contribution in [2.45, 2.75) is 6.42 Å². The minimum Gasteiger partial charge on any atom is -0.486 e. The van der Waals surface area contributed by atoms with E-state index in [0.717, 1.165) is 0 Å². The van der Waals surface area contributed by atoms with E-state index in [1.165, 1.54) is 0 Å². The third-order valence-corrected chi connectivity index (χ3v) is 4.88. The van der Waals surface area contributed by atoms with Crippen LogP contribution in [0.3, 0.4) is 0 Å². The molecule has 8 nitrogen and oxygen atoms in total. The highest BCUT2D eigenvalue weighted by Gasteiger charge is 2.17. The lowest BCUT2D eigenvalue weighted by atomic mass is 10.1. The van der Waals surface area contributed by atoms with Gasteiger partial charge in [0.1, 0.15) is 26.4 Å². The molecule has 0 fully saturated rings. The largest absolute Gasteiger partial charge is 0.486 e. The average Bonchev–Trinajstić information content (AvgIpc) is 2.73. The summed E-state index contributed by atoms with van der Waals surface area (Å²) < 4.78 is 27.6. The maximum Gasteiger partial charge on any atom is 0.310 e. The minimum absolute atomic E-state index is 0.0254. The van der Waals surface area contributed by atoms with Crippen molar-refractivity contribution in [3.8, 4) is 23.0 Å². The van der Waals surface area contributed by atoms with Crippen molar-refractivity contribution in [1.29, 1.82) is 0 Å². The molecule has 2 aromatic carbocycles. The molecule has 0 saturated carbocycles. The molecule has 152 valence electrons. The van der Waals surface area contributed by atoms with E-state index >= 15 is 0 Å². The smallest absolute Gasteiger partial charge is 0.310 e. The maximum atomic E-state index is 12.2. The van der Waals surface area contributed by atoms with Crippen LogP contribution in [0.5, 0.6) is 23.0 Å². The van der Waals surface area contributed by atoms with E-state index in [1.807, 2.05) is 0 Å². The topological polar surface area (TPSA) is 92.3 Å². The first-order valence-electron chi connectivity index (χ1n) is 9.01. The van der Waals surface area contributed by atoms with Crippen molar-refractivity contribution >= 4 is 33.5 Å². The van der Waals surface area contributed by atoms with Crippen molar-refractivity contribution in [3.63, 3.8) is 0 Å². The Bertz CT molecular complexity index is 947. The number of hydrogen-bond donors (Lipinski definition) is 1. The number of rotatable bonds is 5. The number of carbonyl (C=O) groups excluding carboxylic acids is 2. The molecule has 0 spiro atoms. The van der Waals surface area contributed by atoms with Gasteiger partial charge in [-0.1, -0.05) is 6.07 Å². The van der Waals surface area contributed by atoms with E-state index in [1.54, 1.807) is 30.3 Å². The first kappa shape index (κ1) is 19.4. The molecule has 0 saturated heterocycles. The number of esters is 1. The van der Waals surface area contributed by atoms with Gasteiger partial charge in [-0.25, -0.2) is 0 Å². The predicted molar refractivity (Wildman–Crippen MR) is 106 cm³/mol. The standard InChI is InChI=1S/C20H18BrNO7/c21-13-9-17-18(28-6-5-27-17)10-14(13)22-19(23)11-29-20(24)8-12-1-2-15-16(7-12)26-4-3-25-15/h1-2,7,9-10H,3-6,8,11H2,(H,22,23). The molecule has 0 bridgehead atoms. The van der Waals surface area contributed by atoms with Gasteiger partial charge in [-0.05, 0) is 33.6 Å². The molecule has 0 atom stereocenters. The zero-order chi connectivity index (χ0) is 20.2. The number of hydrogen-bond acceptors (Lipinski definition) is 7. The molecule has 2 aliphatic heterocycles. The summed E-state index contributed by atoms with van der Waals surface area (Å²) >= 11 is 3.38. The number of halogens is 1. The van der Waals surface area contributed by atoms with Crippen LogP contribution in [0.4, 0.5) is 5.69 Å². The number of nitrogens with one attached hydrogen (secondary N) is 1. The Labute approximate surface area is 175 Å². The maximum absolute atomic E-state index is 12.2. The Kier molecular flexibility index (Phi) is 5.75. The summed E-state index contributed by atoms with van der Waals surface area (Å²) in [6.45, 7) is 1.49. The molecular formula is C20H18BrNO7. The van der Waals surface area contributed by atoms with Gasteiger partial charge in [0.05, 0.1) is 12.1 Å². The fourth-order valence-electron chi connectivity index (χ4n) is 2.91.